The Labute approximate surface area is 212 Å². The molecule has 4 fully saturated rings. The molecule has 3 saturated heterocycles. The number of aliphatic hydroxyl groups excluding tert-OH is 1. The summed E-state index contributed by atoms with van der Waals surface area (Å²) in [4.78, 5) is 19.4. The third-order valence-electron chi connectivity index (χ3n) is 8.72. The minimum absolute atomic E-state index is 0.214. The van der Waals surface area contributed by atoms with E-state index in [0.29, 0.717) is 36.0 Å². The van der Waals surface area contributed by atoms with Crippen LogP contribution in [0.5, 0.6) is 0 Å². The molecule has 1 aliphatic carbocycles. The number of piperazine rings is 1. The van der Waals surface area contributed by atoms with E-state index < -0.39 is 6.10 Å². The van der Waals surface area contributed by atoms with Gasteiger partial charge in [0.1, 0.15) is 0 Å². The number of aliphatic hydroxyl groups is 1. The van der Waals surface area contributed by atoms with E-state index in [4.69, 9.17) is 21.1 Å². The van der Waals surface area contributed by atoms with Crippen molar-refractivity contribution < 1.29 is 19.4 Å². The number of ether oxygens (including phenoxy) is 2. The molecule has 0 radical (unpaired) electrons. The fourth-order valence-electron chi connectivity index (χ4n) is 6.14. The summed E-state index contributed by atoms with van der Waals surface area (Å²) in [7, 11) is 0. The molecule has 4 atom stereocenters. The van der Waals surface area contributed by atoms with E-state index in [9.17, 15) is 9.90 Å². The Bertz CT molecular complexity index is 1010. The molecule has 4 aliphatic rings. The van der Waals surface area contributed by atoms with Crippen LogP contribution in [0, 0.1) is 11.3 Å². The number of aliphatic imine (C=N–C) groups is 1. The minimum atomic E-state index is -0.473. The van der Waals surface area contributed by atoms with Gasteiger partial charge in [-0.3, -0.25) is 9.69 Å². The quantitative estimate of drug-likeness (QED) is 0.475. The number of amides is 1. The van der Waals surface area contributed by atoms with E-state index in [1.807, 2.05) is 6.07 Å². The molecule has 1 spiro atoms. The molecule has 3 heterocycles. The van der Waals surface area contributed by atoms with Gasteiger partial charge in [0.15, 0.2) is 0 Å². The second kappa shape index (κ2) is 9.94. The average molecular weight is 502 g/mol. The highest BCUT2D eigenvalue weighted by Gasteiger charge is 2.52. The van der Waals surface area contributed by atoms with E-state index in [1.165, 1.54) is 6.42 Å². The number of nitrogens with zero attached hydrogens (tertiary/aromatic N) is 3. The van der Waals surface area contributed by atoms with E-state index >= 15 is 0 Å². The molecule has 0 aromatic heterocycles. The number of rotatable bonds is 6. The number of hydrogen-bond acceptors (Lipinski definition) is 6. The third kappa shape index (κ3) is 4.81. The van der Waals surface area contributed by atoms with Gasteiger partial charge in [0.05, 0.1) is 35.6 Å². The number of carbonyl (C=O) groups excluding carboxylic acids is 1. The zero-order valence-corrected chi connectivity index (χ0v) is 21.4. The first-order valence-corrected chi connectivity index (χ1v) is 13.1. The van der Waals surface area contributed by atoms with Crippen LogP contribution in [-0.2, 0) is 14.3 Å². The second-order valence-electron chi connectivity index (χ2n) is 10.8. The van der Waals surface area contributed by atoms with Crippen molar-refractivity contribution in [2.24, 2.45) is 16.3 Å². The smallest absolute Gasteiger partial charge is 0.232 e. The van der Waals surface area contributed by atoms with Crippen LogP contribution in [0.15, 0.2) is 23.2 Å². The fourth-order valence-corrected chi connectivity index (χ4v) is 6.42. The molecule has 4 unspecified atom stereocenters. The number of carbonyl (C=O) groups is 1. The molecule has 1 saturated carbocycles. The first-order valence-electron chi connectivity index (χ1n) is 12.7. The summed E-state index contributed by atoms with van der Waals surface area (Å²) in [6.07, 6.45) is 9.65. The zero-order valence-electron chi connectivity index (χ0n) is 20.7. The normalized spacial score (nSPS) is 33.3. The number of halogens is 1. The Kier molecular flexibility index (Phi) is 7.07. The van der Waals surface area contributed by atoms with Crippen LogP contribution in [0.2, 0.25) is 5.02 Å². The highest BCUT2D eigenvalue weighted by molar-refractivity contribution is 6.33. The monoisotopic (exact) mass is 501 g/mol. The van der Waals surface area contributed by atoms with Gasteiger partial charge in [-0.25, -0.2) is 4.99 Å². The predicted molar refractivity (Wildman–Crippen MR) is 138 cm³/mol. The second-order valence-corrected chi connectivity index (χ2v) is 11.2. The molecule has 8 heteroatoms. The van der Waals surface area contributed by atoms with Crippen LogP contribution in [0.25, 0.3) is 6.08 Å². The Morgan fingerprint density at radius 2 is 2.00 bits per heavy atom. The van der Waals surface area contributed by atoms with Crippen LogP contribution in [0.3, 0.4) is 0 Å². The van der Waals surface area contributed by atoms with Crippen LogP contribution in [-0.4, -0.2) is 86.4 Å². The summed E-state index contributed by atoms with van der Waals surface area (Å²) in [5.41, 5.74) is 2.92. The number of benzene rings is 1. The molecular formula is C27H36ClN3O4. The first-order chi connectivity index (χ1) is 16.9. The van der Waals surface area contributed by atoms with Crippen LogP contribution in [0.4, 0.5) is 5.69 Å². The summed E-state index contributed by atoms with van der Waals surface area (Å²) in [5, 5.41) is 11.1. The van der Waals surface area contributed by atoms with Gasteiger partial charge in [-0.1, -0.05) is 23.8 Å². The van der Waals surface area contributed by atoms with E-state index in [2.05, 4.69) is 46.9 Å². The van der Waals surface area contributed by atoms with Crippen molar-refractivity contribution in [2.45, 2.75) is 50.8 Å². The van der Waals surface area contributed by atoms with Crippen LogP contribution in [0.1, 0.15) is 44.2 Å². The summed E-state index contributed by atoms with van der Waals surface area (Å²) in [5.74, 6) is 0.574. The van der Waals surface area contributed by atoms with Crippen molar-refractivity contribution >= 4 is 36.0 Å². The van der Waals surface area contributed by atoms with Crippen molar-refractivity contribution in [2.75, 3.05) is 51.0 Å². The topological polar surface area (TPSA) is 74.6 Å². The summed E-state index contributed by atoms with van der Waals surface area (Å²) >= 11 is 6.78. The third-order valence-corrected chi connectivity index (χ3v) is 9.03. The van der Waals surface area contributed by atoms with E-state index in [-0.39, 0.29) is 11.6 Å². The summed E-state index contributed by atoms with van der Waals surface area (Å²) in [6, 6.07) is 4.26. The molecular weight excluding hydrogens is 466 g/mol. The maximum atomic E-state index is 10.9. The lowest BCUT2D eigenvalue weighted by Crippen LogP contribution is -2.63. The molecule has 35 heavy (non-hydrogen) atoms. The number of allylic oxidation sites excluding steroid dienone is 1. The average Bonchev–Trinajstić information content (AvgIpc) is 3.39. The molecule has 190 valence electrons. The molecule has 7 nitrogen and oxygen atoms in total. The summed E-state index contributed by atoms with van der Waals surface area (Å²) in [6.45, 7) is 9.40. The van der Waals surface area contributed by atoms with Crippen molar-refractivity contribution in [1.29, 1.82) is 0 Å². The van der Waals surface area contributed by atoms with Gasteiger partial charge in [0, 0.05) is 50.7 Å². The van der Waals surface area contributed by atoms with E-state index in [0.717, 1.165) is 62.5 Å². The van der Waals surface area contributed by atoms with Crippen LogP contribution >= 0.6 is 11.6 Å². The number of hydrogen-bond donors (Lipinski definition) is 1. The first kappa shape index (κ1) is 24.9. The SMILES string of the molecule is CC1CN(C2(C)COCC2O)CCN1c1cc(/C=C/C2CC23CCOCC3)c(C=NC=O)cc1Cl. The van der Waals surface area contributed by atoms with E-state index in [1.54, 1.807) is 6.21 Å². The van der Waals surface area contributed by atoms with Crippen molar-refractivity contribution in [3.63, 3.8) is 0 Å². The lowest BCUT2D eigenvalue weighted by Gasteiger charge is -2.48. The van der Waals surface area contributed by atoms with Crippen molar-refractivity contribution in [3.05, 3.63) is 34.4 Å². The van der Waals surface area contributed by atoms with Gasteiger partial charge < -0.3 is 19.5 Å². The van der Waals surface area contributed by atoms with Gasteiger partial charge in [-0.05, 0) is 62.1 Å². The Hall–Kier alpha value is -1.77. The van der Waals surface area contributed by atoms with Crippen LogP contribution < -0.4 is 4.90 Å². The molecule has 0 bridgehead atoms. The molecule has 1 N–H and O–H groups in total. The lowest BCUT2D eigenvalue weighted by molar-refractivity contribution is -0.106. The molecule has 1 aromatic carbocycles. The summed E-state index contributed by atoms with van der Waals surface area (Å²) < 4.78 is 11.1. The Balaban J connectivity index is 1.37. The fraction of sp³-hybridized carbons (Fsp3) is 0.630. The van der Waals surface area contributed by atoms with Gasteiger partial charge in [0.25, 0.3) is 0 Å². The van der Waals surface area contributed by atoms with Gasteiger partial charge >= 0.3 is 0 Å². The highest BCUT2D eigenvalue weighted by Crippen LogP contribution is 2.60. The predicted octanol–water partition coefficient (Wildman–Crippen LogP) is 3.41. The maximum Gasteiger partial charge on any atom is 0.232 e. The van der Waals surface area contributed by atoms with Gasteiger partial charge in [-0.2, -0.15) is 0 Å². The molecule has 1 amide bonds. The standard InChI is InChI=1S/C27H36ClN3O4/c1-19-15-30(26(2)17-35-16-25(26)33)7-8-31(19)24-12-20(21(11-23(24)28)14-29-18-32)3-4-22-13-27(22)5-9-34-10-6-27/h3-4,11-12,14,18-19,22,25,33H,5-10,13,15-17H2,1-2H3/b4-3+,29-14?. The lowest BCUT2D eigenvalue weighted by atomic mass is 9.93. The molecule has 3 aliphatic heterocycles. The minimum Gasteiger partial charge on any atom is -0.389 e. The van der Waals surface area contributed by atoms with Crippen molar-refractivity contribution in [3.8, 4) is 0 Å². The maximum absolute atomic E-state index is 10.9. The highest BCUT2D eigenvalue weighted by atomic mass is 35.5. The zero-order chi connectivity index (χ0) is 24.6. The molecule has 5 rings (SSSR count). The van der Waals surface area contributed by atoms with Gasteiger partial charge in [-0.15, -0.1) is 0 Å². The molecule has 1 aromatic rings. The Morgan fingerprint density at radius 3 is 2.69 bits per heavy atom. The number of anilines is 1. The van der Waals surface area contributed by atoms with Gasteiger partial charge in [0.2, 0.25) is 6.41 Å². The largest absolute Gasteiger partial charge is 0.389 e. The Morgan fingerprint density at radius 1 is 1.20 bits per heavy atom. The van der Waals surface area contributed by atoms with Crippen molar-refractivity contribution in [1.82, 2.24) is 4.90 Å².